The topological polar surface area (TPSA) is 73.7 Å². The number of rotatable bonds is 8. The van der Waals surface area contributed by atoms with Crippen molar-refractivity contribution in [2.75, 3.05) is 29.4 Å². The fourth-order valence-electron chi connectivity index (χ4n) is 2.58. The Balaban J connectivity index is 2.25. The fraction of sp³-hybridized carbons (Fsp3) is 0.316. The van der Waals surface area contributed by atoms with Crippen LogP contribution in [0.2, 0.25) is 0 Å². The van der Waals surface area contributed by atoms with Crippen LogP contribution in [0, 0.1) is 0 Å². The van der Waals surface area contributed by atoms with E-state index >= 15 is 0 Å². The lowest BCUT2D eigenvalue weighted by Gasteiger charge is -2.23. The summed E-state index contributed by atoms with van der Waals surface area (Å²) in [6.07, 6.45) is 2.52. The number of pyridine rings is 1. The van der Waals surface area contributed by atoms with E-state index < -0.39 is 12.5 Å². The summed E-state index contributed by atoms with van der Waals surface area (Å²) in [5.41, 5.74) is 0.904. The summed E-state index contributed by atoms with van der Waals surface area (Å²) in [4.78, 5) is 31.7. The lowest BCUT2D eigenvalue weighted by atomic mass is 10.2. The molecule has 0 atom stereocenters. The first-order chi connectivity index (χ1) is 12.1. The second kappa shape index (κ2) is 8.82. The summed E-state index contributed by atoms with van der Waals surface area (Å²) in [6, 6.07) is 12.3. The van der Waals surface area contributed by atoms with Crippen LogP contribution in [0.15, 0.2) is 48.7 Å². The molecule has 6 heteroatoms. The number of aromatic nitrogens is 1. The predicted molar refractivity (Wildman–Crippen MR) is 98.2 cm³/mol. The number of carbonyl (C=O) groups is 2. The van der Waals surface area contributed by atoms with Gasteiger partial charge in [0.25, 0.3) is 5.91 Å². The van der Waals surface area contributed by atoms with Gasteiger partial charge in [-0.15, -0.1) is 0 Å². The number of amides is 1. The average molecular weight is 341 g/mol. The van der Waals surface area contributed by atoms with E-state index in [1.807, 2.05) is 6.07 Å². The number of carboxylic acids is 1. The SMILES string of the molecule is CCCN(CC)c1ccc(C(=O)N(CC(=O)O)c2ccccc2)cn1. The molecule has 1 amide bonds. The van der Waals surface area contributed by atoms with E-state index in [-0.39, 0.29) is 5.91 Å². The molecule has 2 aromatic rings. The monoisotopic (exact) mass is 341 g/mol. The zero-order valence-electron chi connectivity index (χ0n) is 14.6. The normalized spacial score (nSPS) is 10.3. The van der Waals surface area contributed by atoms with Gasteiger partial charge in [0.2, 0.25) is 0 Å². The van der Waals surface area contributed by atoms with Gasteiger partial charge < -0.3 is 10.0 Å². The van der Waals surface area contributed by atoms with Crippen molar-refractivity contribution >= 4 is 23.4 Å². The van der Waals surface area contributed by atoms with Gasteiger partial charge in [0.1, 0.15) is 12.4 Å². The second-order valence-electron chi connectivity index (χ2n) is 5.61. The molecule has 2 rings (SSSR count). The van der Waals surface area contributed by atoms with E-state index in [0.29, 0.717) is 11.3 Å². The van der Waals surface area contributed by atoms with E-state index in [2.05, 4.69) is 23.7 Å². The van der Waals surface area contributed by atoms with Crippen molar-refractivity contribution in [3.8, 4) is 0 Å². The first-order valence-electron chi connectivity index (χ1n) is 8.36. The molecule has 0 bridgehead atoms. The van der Waals surface area contributed by atoms with E-state index in [9.17, 15) is 9.59 Å². The molecule has 0 fully saturated rings. The highest BCUT2D eigenvalue weighted by atomic mass is 16.4. The molecule has 1 aromatic heterocycles. The molecule has 6 nitrogen and oxygen atoms in total. The molecule has 0 aliphatic rings. The predicted octanol–water partition coefficient (Wildman–Crippen LogP) is 3.05. The molecule has 1 N–H and O–H groups in total. The maximum atomic E-state index is 12.8. The third-order valence-corrected chi connectivity index (χ3v) is 3.80. The summed E-state index contributed by atoms with van der Waals surface area (Å²) in [5, 5.41) is 9.13. The Bertz CT molecular complexity index is 702. The minimum absolute atomic E-state index is 0.362. The molecule has 0 spiro atoms. The van der Waals surface area contributed by atoms with Gasteiger partial charge in [-0.25, -0.2) is 4.98 Å². The van der Waals surface area contributed by atoms with Gasteiger partial charge in [-0.1, -0.05) is 25.1 Å². The number of aliphatic carboxylic acids is 1. The minimum atomic E-state index is -1.07. The molecular weight excluding hydrogens is 318 g/mol. The third-order valence-electron chi connectivity index (χ3n) is 3.80. The van der Waals surface area contributed by atoms with E-state index in [4.69, 9.17) is 5.11 Å². The van der Waals surface area contributed by atoms with E-state index in [1.165, 1.54) is 11.1 Å². The highest BCUT2D eigenvalue weighted by Crippen LogP contribution is 2.18. The lowest BCUT2D eigenvalue weighted by molar-refractivity contribution is -0.135. The van der Waals surface area contributed by atoms with Gasteiger partial charge >= 0.3 is 5.97 Å². The van der Waals surface area contributed by atoms with Crippen LogP contribution in [-0.4, -0.2) is 41.6 Å². The Hall–Kier alpha value is -2.89. The number of para-hydroxylation sites is 1. The van der Waals surface area contributed by atoms with Crippen LogP contribution in [0.5, 0.6) is 0 Å². The molecule has 1 aromatic carbocycles. The van der Waals surface area contributed by atoms with E-state index in [0.717, 1.165) is 25.3 Å². The maximum Gasteiger partial charge on any atom is 0.323 e. The Morgan fingerprint density at radius 1 is 1.08 bits per heavy atom. The molecule has 1 heterocycles. The number of hydrogen-bond donors (Lipinski definition) is 1. The van der Waals surface area contributed by atoms with E-state index in [1.54, 1.807) is 36.4 Å². The molecule has 0 saturated carbocycles. The minimum Gasteiger partial charge on any atom is -0.480 e. The Morgan fingerprint density at radius 3 is 2.32 bits per heavy atom. The zero-order valence-corrected chi connectivity index (χ0v) is 14.6. The molecule has 0 aliphatic heterocycles. The maximum absolute atomic E-state index is 12.8. The number of anilines is 2. The third kappa shape index (κ3) is 4.79. The highest BCUT2D eigenvalue weighted by molar-refractivity contribution is 6.08. The molecule has 0 aliphatic carbocycles. The van der Waals surface area contributed by atoms with Gasteiger partial charge in [0, 0.05) is 25.0 Å². The quantitative estimate of drug-likeness (QED) is 0.799. The van der Waals surface area contributed by atoms with Crippen molar-refractivity contribution in [1.82, 2.24) is 4.98 Å². The summed E-state index contributed by atoms with van der Waals surface area (Å²) in [6.45, 7) is 5.49. The number of benzene rings is 1. The van der Waals surface area contributed by atoms with Gasteiger partial charge in [-0.05, 0) is 37.6 Å². The highest BCUT2D eigenvalue weighted by Gasteiger charge is 2.21. The number of nitrogens with zero attached hydrogens (tertiary/aromatic N) is 3. The summed E-state index contributed by atoms with van der Waals surface area (Å²) < 4.78 is 0. The summed E-state index contributed by atoms with van der Waals surface area (Å²) >= 11 is 0. The molecule has 0 radical (unpaired) electrons. The lowest BCUT2D eigenvalue weighted by Crippen LogP contribution is -2.35. The van der Waals surface area contributed by atoms with Gasteiger partial charge in [0.15, 0.2) is 0 Å². The van der Waals surface area contributed by atoms with Gasteiger partial charge in [-0.3, -0.25) is 14.5 Å². The number of hydrogen-bond acceptors (Lipinski definition) is 4. The van der Waals surface area contributed by atoms with Gasteiger partial charge in [0.05, 0.1) is 5.56 Å². The Kier molecular flexibility index (Phi) is 6.51. The van der Waals surface area contributed by atoms with Crippen LogP contribution < -0.4 is 9.80 Å². The Morgan fingerprint density at radius 2 is 1.80 bits per heavy atom. The van der Waals surface area contributed by atoms with Gasteiger partial charge in [-0.2, -0.15) is 0 Å². The Labute approximate surface area is 147 Å². The molecule has 25 heavy (non-hydrogen) atoms. The van der Waals surface area contributed by atoms with Crippen LogP contribution in [0.1, 0.15) is 30.6 Å². The molecular formula is C19H23N3O3. The smallest absolute Gasteiger partial charge is 0.323 e. The summed E-state index contributed by atoms with van der Waals surface area (Å²) in [5.74, 6) is -0.640. The molecule has 132 valence electrons. The zero-order chi connectivity index (χ0) is 18.2. The largest absolute Gasteiger partial charge is 0.480 e. The second-order valence-corrected chi connectivity index (χ2v) is 5.61. The average Bonchev–Trinajstić information content (AvgIpc) is 2.64. The van der Waals surface area contributed by atoms with Crippen molar-refractivity contribution in [3.05, 3.63) is 54.2 Å². The fourth-order valence-corrected chi connectivity index (χ4v) is 2.58. The van der Waals surface area contributed by atoms with Crippen LogP contribution in [0.3, 0.4) is 0 Å². The van der Waals surface area contributed by atoms with Crippen molar-refractivity contribution in [2.24, 2.45) is 0 Å². The van der Waals surface area contributed by atoms with Crippen molar-refractivity contribution < 1.29 is 14.7 Å². The summed E-state index contributed by atoms with van der Waals surface area (Å²) in [7, 11) is 0. The standard InChI is InChI=1S/C19H23N3O3/c1-3-12-21(4-2)17-11-10-15(13-20-17)19(25)22(14-18(23)24)16-8-6-5-7-9-16/h5-11,13H,3-4,12,14H2,1-2H3,(H,23,24). The number of carbonyl (C=O) groups excluding carboxylic acids is 1. The molecule has 0 unspecified atom stereocenters. The van der Waals surface area contributed by atoms with Crippen LogP contribution in [-0.2, 0) is 4.79 Å². The number of carboxylic acid groups (broad SMARTS) is 1. The van der Waals surface area contributed by atoms with Crippen LogP contribution in [0.4, 0.5) is 11.5 Å². The first-order valence-corrected chi connectivity index (χ1v) is 8.36. The first kappa shape index (κ1) is 18.4. The van der Waals surface area contributed by atoms with Crippen LogP contribution >= 0.6 is 0 Å². The molecule has 0 saturated heterocycles. The van der Waals surface area contributed by atoms with Crippen LogP contribution in [0.25, 0.3) is 0 Å². The van der Waals surface area contributed by atoms with Crippen molar-refractivity contribution in [2.45, 2.75) is 20.3 Å². The van der Waals surface area contributed by atoms with Crippen molar-refractivity contribution in [1.29, 1.82) is 0 Å². The van der Waals surface area contributed by atoms with Crippen molar-refractivity contribution in [3.63, 3.8) is 0 Å².